The second kappa shape index (κ2) is 1.67. The highest BCUT2D eigenvalue weighted by molar-refractivity contribution is 4.73. The van der Waals surface area contributed by atoms with Crippen LogP contribution in [0.2, 0.25) is 0 Å². The maximum atomic E-state index is 3.65. The number of nitrogens with zero attached hydrogens (tertiary/aromatic N) is 3. The van der Waals surface area contributed by atoms with Crippen molar-refractivity contribution >= 4 is 0 Å². The fourth-order valence-electron chi connectivity index (χ4n) is 0.356. The summed E-state index contributed by atoms with van der Waals surface area (Å²) in [5.41, 5.74) is 0. The van der Waals surface area contributed by atoms with Crippen LogP contribution >= 0.6 is 0 Å². The number of hydrogen-bond donors (Lipinski definition) is 0. The van der Waals surface area contributed by atoms with Gasteiger partial charge in [0.1, 0.15) is 5.11 Å². The van der Waals surface area contributed by atoms with Crippen LogP contribution in [0.25, 0.3) is 0 Å². The van der Waals surface area contributed by atoms with E-state index >= 15 is 0 Å². The van der Waals surface area contributed by atoms with Gasteiger partial charge in [-0.1, -0.05) is 0 Å². The van der Waals surface area contributed by atoms with Crippen LogP contribution in [0.15, 0.2) is 16.5 Å². The first-order chi connectivity index (χ1) is 3.43. The van der Waals surface area contributed by atoms with E-state index in [0.29, 0.717) is 0 Å². The van der Waals surface area contributed by atoms with Gasteiger partial charge in [0.2, 0.25) is 0 Å². The molecule has 1 rings (SSSR count). The normalized spacial score (nSPS) is 15.3. The van der Waals surface area contributed by atoms with Crippen molar-refractivity contribution in [1.29, 1.82) is 0 Å². The Balaban J connectivity index is 2.44. The summed E-state index contributed by atoms with van der Waals surface area (Å²) in [7, 11) is 0. The Morgan fingerprint density at radius 3 is 3.00 bits per heavy atom. The number of hydrogen-bond acceptors (Lipinski definition) is 3. The fraction of sp³-hybridized carbons (Fsp3) is 0.500. The molecule has 0 saturated heterocycles. The average Bonchev–Trinajstić information content (AvgIpc) is 2.14. The Morgan fingerprint density at radius 1 is 1.86 bits per heavy atom. The molecule has 0 atom stereocenters. The molecule has 0 aromatic rings. The van der Waals surface area contributed by atoms with Crippen LogP contribution in [0.4, 0.5) is 0 Å². The minimum absolute atomic E-state index is 0.872. The second-order valence-electron chi connectivity index (χ2n) is 1.20. The van der Waals surface area contributed by atoms with E-state index in [4.69, 9.17) is 0 Å². The van der Waals surface area contributed by atoms with Crippen molar-refractivity contribution in [3.8, 4) is 0 Å². The predicted molar refractivity (Wildman–Crippen MR) is 25.0 cm³/mol. The highest BCUT2D eigenvalue weighted by Crippen LogP contribution is 1.97. The minimum atomic E-state index is 0.872. The smallest absolute Gasteiger partial charge is 0.201 e. The van der Waals surface area contributed by atoms with E-state index in [1.54, 1.807) is 11.2 Å². The highest BCUT2D eigenvalue weighted by atomic mass is 15.6. The quantitative estimate of drug-likeness (QED) is 0.447. The van der Waals surface area contributed by atoms with Gasteiger partial charge in [-0.3, -0.25) is 0 Å². The summed E-state index contributed by atoms with van der Waals surface area (Å²) in [5.74, 6) is 0. The molecule has 0 amide bonds. The third-order valence-corrected chi connectivity index (χ3v) is 0.748. The molecule has 0 aromatic carbocycles. The SMILES string of the molecule is CCN1C=[C+]N=N1. The van der Waals surface area contributed by atoms with Crippen molar-refractivity contribution in [3.63, 3.8) is 0 Å². The molecule has 1 aliphatic heterocycles. The summed E-state index contributed by atoms with van der Waals surface area (Å²) in [6.45, 7) is 2.87. The molecule has 0 unspecified atom stereocenters. The van der Waals surface area contributed by atoms with Crippen molar-refractivity contribution in [2.75, 3.05) is 6.54 Å². The minimum Gasteiger partial charge on any atom is -0.201 e. The van der Waals surface area contributed by atoms with Crippen molar-refractivity contribution in [2.45, 2.75) is 6.92 Å². The van der Waals surface area contributed by atoms with Crippen LogP contribution < -0.4 is 0 Å². The van der Waals surface area contributed by atoms with Crippen LogP contribution in [-0.4, -0.2) is 11.6 Å². The predicted octanol–water partition coefficient (Wildman–Crippen LogP) is 0.963. The van der Waals surface area contributed by atoms with Gasteiger partial charge in [0.05, 0.1) is 0 Å². The lowest BCUT2D eigenvalue weighted by molar-refractivity contribution is 0.414. The van der Waals surface area contributed by atoms with Crippen molar-refractivity contribution in [3.05, 3.63) is 12.4 Å². The van der Waals surface area contributed by atoms with E-state index < -0.39 is 0 Å². The summed E-state index contributed by atoms with van der Waals surface area (Å²) in [5, 5.41) is 8.84. The van der Waals surface area contributed by atoms with E-state index in [9.17, 15) is 0 Å². The molecule has 0 bridgehead atoms. The molecule has 0 N–H and O–H groups in total. The van der Waals surface area contributed by atoms with Gasteiger partial charge in [0.15, 0.2) is 0 Å². The van der Waals surface area contributed by atoms with Gasteiger partial charge >= 0.3 is 12.4 Å². The average molecular weight is 96.1 g/mol. The van der Waals surface area contributed by atoms with Gasteiger partial charge in [0, 0.05) is 6.54 Å². The molecule has 0 spiro atoms. The Bertz CT molecular complexity index is 93.5. The maximum absolute atomic E-state index is 3.65. The van der Waals surface area contributed by atoms with E-state index in [0.717, 1.165) is 6.54 Å². The zero-order valence-corrected chi connectivity index (χ0v) is 4.13. The molecule has 0 fully saturated rings. The summed E-state index contributed by atoms with van der Waals surface area (Å²) < 4.78 is 0. The zero-order chi connectivity index (χ0) is 5.11. The van der Waals surface area contributed by atoms with E-state index in [2.05, 4.69) is 16.5 Å². The summed E-state index contributed by atoms with van der Waals surface area (Å²) in [4.78, 5) is 0. The third-order valence-electron chi connectivity index (χ3n) is 0.748. The highest BCUT2D eigenvalue weighted by Gasteiger charge is 2.06. The first-order valence-electron chi connectivity index (χ1n) is 2.19. The van der Waals surface area contributed by atoms with Gasteiger partial charge < -0.3 is 0 Å². The number of rotatable bonds is 1. The molecule has 0 saturated carbocycles. The van der Waals surface area contributed by atoms with E-state index in [1.807, 2.05) is 6.92 Å². The van der Waals surface area contributed by atoms with Gasteiger partial charge in [-0.15, -0.1) is 0 Å². The molecule has 1 aliphatic rings. The Hall–Kier alpha value is -0.950. The molecule has 7 heavy (non-hydrogen) atoms. The van der Waals surface area contributed by atoms with Gasteiger partial charge in [-0.05, 0) is 12.1 Å². The zero-order valence-electron chi connectivity index (χ0n) is 4.13. The van der Waals surface area contributed by atoms with Gasteiger partial charge in [-0.2, -0.15) is 0 Å². The lowest BCUT2D eigenvalue weighted by atomic mass is 10.7. The second-order valence-corrected chi connectivity index (χ2v) is 1.20. The van der Waals surface area contributed by atoms with Crippen LogP contribution in [0.1, 0.15) is 6.92 Å². The lowest BCUT2D eigenvalue weighted by Gasteiger charge is -1.94. The van der Waals surface area contributed by atoms with Crippen molar-refractivity contribution in [1.82, 2.24) is 5.01 Å². The molecule has 1 heterocycles. The summed E-state index contributed by atoms with van der Waals surface area (Å²) in [6, 6.07) is 0. The Labute approximate surface area is 42.3 Å². The van der Waals surface area contributed by atoms with Crippen molar-refractivity contribution in [2.24, 2.45) is 10.3 Å². The molecule has 0 aromatic heterocycles. The Kier molecular flexibility index (Phi) is 1.00. The van der Waals surface area contributed by atoms with Crippen LogP contribution in [-0.2, 0) is 0 Å². The summed E-state index contributed by atoms with van der Waals surface area (Å²) >= 11 is 0. The molecule has 3 heteroatoms. The molecule has 36 valence electrons. The molecular weight excluding hydrogens is 90.1 g/mol. The molecule has 0 radical (unpaired) electrons. The monoisotopic (exact) mass is 96.1 g/mol. The largest absolute Gasteiger partial charge is 0.445 e. The van der Waals surface area contributed by atoms with Gasteiger partial charge in [0.25, 0.3) is 0 Å². The van der Waals surface area contributed by atoms with Crippen LogP contribution in [0, 0.1) is 6.20 Å². The first kappa shape index (κ1) is 4.22. The summed E-state index contributed by atoms with van der Waals surface area (Å²) in [6.07, 6.45) is 4.29. The third kappa shape index (κ3) is 0.725. The van der Waals surface area contributed by atoms with Crippen LogP contribution in [0.3, 0.4) is 0 Å². The molecular formula is C4H6N3+. The molecule has 3 nitrogen and oxygen atoms in total. The first-order valence-corrected chi connectivity index (χ1v) is 2.19. The van der Waals surface area contributed by atoms with Crippen LogP contribution in [0.5, 0.6) is 0 Å². The van der Waals surface area contributed by atoms with E-state index in [1.165, 1.54) is 0 Å². The topological polar surface area (TPSA) is 28.0 Å². The standard InChI is InChI=1S/C4H6N3/c1-2-7-4-3-5-6-7/h4H,2H2,1H3/q+1. The maximum Gasteiger partial charge on any atom is 0.445 e. The molecule has 0 aliphatic carbocycles. The Morgan fingerprint density at radius 2 is 2.71 bits per heavy atom. The van der Waals surface area contributed by atoms with Gasteiger partial charge in [-0.25, -0.2) is 5.01 Å². The van der Waals surface area contributed by atoms with Crippen molar-refractivity contribution < 1.29 is 0 Å². The van der Waals surface area contributed by atoms with E-state index in [-0.39, 0.29) is 0 Å². The fourth-order valence-corrected chi connectivity index (χ4v) is 0.356. The lowest BCUT2D eigenvalue weighted by Crippen LogP contribution is -2.03.